The van der Waals surface area contributed by atoms with E-state index in [1.807, 2.05) is 54.6 Å². The van der Waals surface area contributed by atoms with E-state index in [9.17, 15) is 9.59 Å². The molecule has 164 valence electrons. The van der Waals surface area contributed by atoms with Crippen molar-refractivity contribution in [2.75, 3.05) is 7.05 Å². The Bertz CT molecular complexity index is 1250. The zero-order valence-electron chi connectivity index (χ0n) is 18.3. The largest absolute Gasteiger partial charge is 0.415 e. The maximum absolute atomic E-state index is 12.6. The van der Waals surface area contributed by atoms with Gasteiger partial charge in [0.15, 0.2) is 0 Å². The third-order valence-electron chi connectivity index (χ3n) is 5.33. The number of carbonyl (C=O) groups excluding carboxylic acids is 2. The maximum Gasteiger partial charge on any atom is 0.415 e. The van der Waals surface area contributed by atoms with Crippen molar-refractivity contribution in [2.45, 2.75) is 6.54 Å². The summed E-state index contributed by atoms with van der Waals surface area (Å²) in [5.41, 5.74) is 10.9. The van der Waals surface area contributed by atoms with E-state index in [0.29, 0.717) is 17.9 Å². The first-order valence-corrected chi connectivity index (χ1v) is 10.6. The molecule has 0 aliphatic carbocycles. The molecule has 4 aromatic carbocycles. The lowest BCUT2D eigenvalue weighted by atomic mass is 10.0. The molecule has 0 aliphatic heterocycles. The maximum atomic E-state index is 12.6. The second-order valence-corrected chi connectivity index (χ2v) is 7.76. The van der Waals surface area contributed by atoms with Crippen LogP contribution in [0.15, 0.2) is 103 Å². The van der Waals surface area contributed by atoms with Crippen molar-refractivity contribution in [1.82, 2.24) is 4.90 Å². The Balaban J connectivity index is 1.38. The van der Waals surface area contributed by atoms with E-state index >= 15 is 0 Å². The molecule has 4 rings (SSSR count). The Morgan fingerprint density at radius 3 is 1.94 bits per heavy atom. The molecule has 0 aromatic heterocycles. The third kappa shape index (κ3) is 5.46. The molecule has 0 unspecified atom stereocenters. The number of nitrogens with zero attached hydrogens (tertiary/aromatic N) is 1. The van der Waals surface area contributed by atoms with Crippen LogP contribution in [0.3, 0.4) is 0 Å². The Kier molecular flexibility index (Phi) is 6.51. The predicted octanol–water partition coefficient (Wildman–Crippen LogP) is 5.75. The van der Waals surface area contributed by atoms with Crippen molar-refractivity contribution >= 4 is 12.0 Å². The Hall–Kier alpha value is -4.38. The fraction of sp³-hybridized carbons (Fsp3) is 0.0714. The zero-order chi connectivity index (χ0) is 23.2. The highest BCUT2D eigenvalue weighted by atomic mass is 16.6. The van der Waals surface area contributed by atoms with Crippen LogP contribution in [0.5, 0.6) is 5.75 Å². The molecule has 5 heteroatoms. The molecule has 0 aliphatic rings. The minimum absolute atomic E-state index is 0.432. The lowest BCUT2D eigenvalue weighted by molar-refractivity contribution is 0.1000. The summed E-state index contributed by atoms with van der Waals surface area (Å²) >= 11 is 0. The van der Waals surface area contributed by atoms with Crippen molar-refractivity contribution in [3.8, 4) is 28.0 Å². The van der Waals surface area contributed by atoms with Crippen LogP contribution in [0.25, 0.3) is 22.3 Å². The number of hydrogen-bond donors (Lipinski definition) is 1. The minimum Gasteiger partial charge on any atom is -0.410 e. The minimum atomic E-state index is -0.459. The highest BCUT2D eigenvalue weighted by molar-refractivity contribution is 5.93. The van der Waals surface area contributed by atoms with Crippen LogP contribution >= 0.6 is 0 Å². The highest BCUT2D eigenvalue weighted by Gasteiger charge is 2.13. The summed E-state index contributed by atoms with van der Waals surface area (Å²) in [5, 5.41) is 0. The van der Waals surface area contributed by atoms with Crippen LogP contribution in [-0.2, 0) is 6.54 Å². The Morgan fingerprint density at radius 2 is 1.30 bits per heavy atom. The SMILES string of the molecule is CN(Cc1cccc(-c2ccccc2)c1)C(=O)Oc1ccc(-c2ccc(C(N)=O)cc2)cc1. The van der Waals surface area contributed by atoms with Crippen LogP contribution in [-0.4, -0.2) is 23.9 Å². The van der Waals surface area contributed by atoms with Crippen molar-refractivity contribution in [3.05, 3.63) is 114 Å². The molecule has 0 saturated carbocycles. The van der Waals surface area contributed by atoms with E-state index in [-0.39, 0.29) is 0 Å². The summed E-state index contributed by atoms with van der Waals surface area (Å²) in [7, 11) is 1.71. The predicted molar refractivity (Wildman–Crippen MR) is 130 cm³/mol. The molecule has 0 radical (unpaired) electrons. The molecule has 0 heterocycles. The van der Waals surface area contributed by atoms with Crippen LogP contribution in [0.2, 0.25) is 0 Å². The lowest BCUT2D eigenvalue weighted by Gasteiger charge is -2.17. The molecule has 0 fully saturated rings. The quantitative estimate of drug-likeness (QED) is 0.418. The van der Waals surface area contributed by atoms with Gasteiger partial charge in [0.25, 0.3) is 0 Å². The van der Waals surface area contributed by atoms with E-state index in [1.165, 1.54) is 0 Å². The first-order chi connectivity index (χ1) is 16.0. The molecule has 0 atom stereocenters. The monoisotopic (exact) mass is 436 g/mol. The summed E-state index contributed by atoms with van der Waals surface area (Å²) in [4.78, 5) is 25.3. The average molecular weight is 437 g/mol. The molecule has 33 heavy (non-hydrogen) atoms. The van der Waals surface area contributed by atoms with Crippen LogP contribution in [0.1, 0.15) is 15.9 Å². The number of primary amides is 1. The average Bonchev–Trinajstić information content (AvgIpc) is 2.85. The molecule has 0 spiro atoms. The molecule has 0 saturated heterocycles. The van der Waals surface area contributed by atoms with Gasteiger partial charge in [-0.15, -0.1) is 0 Å². The summed E-state index contributed by atoms with van der Waals surface area (Å²) < 4.78 is 5.53. The van der Waals surface area contributed by atoms with Crippen LogP contribution in [0.4, 0.5) is 4.79 Å². The first-order valence-electron chi connectivity index (χ1n) is 10.6. The molecule has 2 N–H and O–H groups in total. The Labute approximate surface area is 193 Å². The summed E-state index contributed by atoms with van der Waals surface area (Å²) in [5.74, 6) is 0.00196. The lowest BCUT2D eigenvalue weighted by Crippen LogP contribution is -2.29. The molecular formula is C28H24N2O3. The van der Waals surface area contributed by atoms with Gasteiger partial charge in [-0.1, -0.05) is 72.8 Å². The van der Waals surface area contributed by atoms with E-state index in [0.717, 1.165) is 27.8 Å². The standard InChI is InChI=1S/C28H24N2O3/c1-30(19-20-6-5-9-25(18-20)21-7-3-2-4-8-21)28(32)33-26-16-14-23(15-17-26)22-10-12-24(13-11-22)27(29)31/h2-18H,19H2,1H3,(H2,29,31). The van der Waals surface area contributed by atoms with Gasteiger partial charge in [0, 0.05) is 19.2 Å². The van der Waals surface area contributed by atoms with Gasteiger partial charge in [-0.25, -0.2) is 4.79 Å². The highest BCUT2D eigenvalue weighted by Crippen LogP contribution is 2.24. The van der Waals surface area contributed by atoms with Crippen molar-refractivity contribution < 1.29 is 14.3 Å². The van der Waals surface area contributed by atoms with Gasteiger partial charge < -0.3 is 15.4 Å². The van der Waals surface area contributed by atoms with Gasteiger partial charge in [0.05, 0.1) is 0 Å². The third-order valence-corrected chi connectivity index (χ3v) is 5.33. The number of ether oxygens (including phenoxy) is 1. The van der Waals surface area contributed by atoms with Gasteiger partial charge in [-0.05, 0) is 58.1 Å². The molecule has 4 aromatic rings. The van der Waals surface area contributed by atoms with Gasteiger partial charge in [-0.2, -0.15) is 0 Å². The zero-order valence-corrected chi connectivity index (χ0v) is 18.3. The second kappa shape index (κ2) is 9.83. The number of nitrogens with two attached hydrogens (primary N) is 1. The van der Waals surface area contributed by atoms with Crippen LogP contribution < -0.4 is 10.5 Å². The topological polar surface area (TPSA) is 72.6 Å². The van der Waals surface area contributed by atoms with Gasteiger partial charge in [0.1, 0.15) is 5.75 Å². The number of rotatable bonds is 6. The molecule has 0 bridgehead atoms. The van der Waals surface area contributed by atoms with Gasteiger partial charge in [-0.3, -0.25) is 4.79 Å². The Morgan fingerprint density at radius 1 is 0.727 bits per heavy atom. The van der Waals surface area contributed by atoms with Gasteiger partial charge >= 0.3 is 6.09 Å². The van der Waals surface area contributed by atoms with Crippen molar-refractivity contribution in [3.63, 3.8) is 0 Å². The summed E-state index contributed by atoms with van der Waals surface area (Å²) in [6.45, 7) is 0.434. The van der Waals surface area contributed by atoms with Crippen molar-refractivity contribution in [1.29, 1.82) is 0 Å². The molecule has 5 nitrogen and oxygen atoms in total. The van der Waals surface area contributed by atoms with Crippen LogP contribution in [0, 0.1) is 0 Å². The number of carbonyl (C=O) groups is 2. The molecular weight excluding hydrogens is 412 g/mol. The van der Waals surface area contributed by atoms with E-state index in [1.54, 1.807) is 36.2 Å². The smallest absolute Gasteiger partial charge is 0.410 e. The normalized spacial score (nSPS) is 10.5. The van der Waals surface area contributed by atoms with E-state index in [2.05, 4.69) is 24.3 Å². The fourth-order valence-corrected chi connectivity index (χ4v) is 3.54. The first kappa shape index (κ1) is 21.8. The number of benzene rings is 4. The fourth-order valence-electron chi connectivity index (χ4n) is 3.54. The molecule has 2 amide bonds. The van der Waals surface area contributed by atoms with E-state index < -0.39 is 12.0 Å². The summed E-state index contributed by atoms with van der Waals surface area (Å²) in [6.07, 6.45) is -0.432. The number of hydrogen-bond acceptors (Lipinski definition) is 3. The van der Waals surface area contributed by atoms with Crippen molar-refractivity contribution in [2.24, 2.45) is 5.73 Å². The summed E-state index contributed by atoms with van der Waals surface area (Å²) in [6, 6.07) is 32.5. The van der Waals surface area contributed by atoms with E-state index in [4.69, 9.17) is 10.5 Å². The number of amides is 2. The second-order valence-electron chi connectivity index (χ2n) is 7.76. The van der Waals surface area contributed by atoms with Gasteiger partial charge in [0.2, 0.25) is 5.91 Å².